The van der Waals surface area contributed by atoms with Crippen molar-refractivity contribution in [1.29, 1.82) is 0 Å². The Morgan fingerprint density at radius 1 is 1.00 bits per heavy atom. The van der Waals surface area contributed by atoms with Gasteiger partial charge in [-0.3, -0.25) is 9.59 Å². The third kappa shape index (κ3) is 5.82. The maximum Gasteiger partial charge on any atom is 0.295 e. The number of benzene rings is 2. The molecule has 194 valence electrons. The van der Waals surface area contributed by atoms with Crippen molar-refractivity contribution in [1.82, 2.24) is 9.80 Å². The molecule has 0 aromatic heterocycles. The molecule has 1 heterocycles. The van der Waals surface area contributed by atoms with E-state index < -0.39 is 17.7 Å². The van der Waals surface area contributed by atoms with E-state index in [2.05, 4.69) is 18.7 Å². The molecule has 2 aromatic carbocycles. The fraction of sp³-hybridized carbons (Fsp3) is 0.429. The first-order valence-corrected chi connectivity index (χ1v) is 12.6. The minimum atomic E-state index is -0.822. The summed E-state index contributed by atoms with van der Waals surface area (Å²) in [6.07, 6.45) is 0.668. The lowest BCUT2D eigenvalue weighted by molar-refractivity contribution is -0.140. The van der Waals surface area contributed by atoms with Gasteiger partial charge in [0.2, 0.25) is 0 Å². The van der Waals surface area contributed by atoms with Gasteiger partial charge in [0.05, 0.1) is 24.8 Å². The summed E-state index contributed by atoms with van der Waals surface area (Å²) in [7, 11) is 0. The van der Waals surface area contributed by atoms with Gasteiger partial charge in [0.25, 0.3) is 11.7 Å². The smallest absolute Gasteiger partial charge is 0.295 e. The summed E-state index contributed by atoms with van der Waals surface area (Å²) in [4.78, 5) is 30.2. The van der Waals surface area contributed by atoms with Gasteiger partial charge >= 0.3 is 0 Å². The Morgan fingerprint density at radius 3 is 2.39 bits per heavy atom. The molecule has 3 rings (SSSR count). The molecule has 1 fully saturated rings. The number of Topliss-reactive ketones (excluding diaryl/α,β-unsaturated/α-hetero) is 1. The summed E-state index contributed by atoms with van der Waals surface area (Å²) in [5.74, 6) is -0.904. The second-order valence-corrected chi connectivity index (χ2v) is 8.49. The Morgan fingerprint density at radius 2 is 1.72 bits per heavy atom. The molecule has 0 bridgehead atoms. The summed E-state index contributed by atoms with van der Waals surface area (Å²) in [6, 6.07) is 10.7. The van der Waals surface area contributed by atoms with Crippen molar-refractivity contribution in [3.05, 3.63) is 59.2 Å². The van der Waals surface area contributed by atoms with Crippen molar-refractivity contribution >= 4 is 17.4 Å². The van der Waals surface area contributed by atoms with Crippen molar-refractivity contribution in [3.63, 3.8) is 0 Å². The standard InChI is InChI=1S/C28H36N2O6/c1-5-29(6-2)15-10-16-30-25(19-13-14-22(31)23(18-19)36-8-4)24(27(33)28(30)34)26(32)20-11-9-12-21(17-20)35-7-3/h9,11-14,17-18,25,31-32H,5-8,10,15-16H2,1-4H3/b26-24+. The molecule has 1 aliphatic rings. The molecular formula is C28H36N2O6. The second kappa shape index (κ2) is 12.4. The summed E-state index contributed by atoms with van der Waals surface area (Å²) in [6.45, 7) is 11.5. The van der Waals surface area contributed by atoms with Gasteiger partial charge in [-0.15, -0.1) is 0 Å². The number of ketones is 1. The quantitative estimate of drug-likeness (QED) is 0.256. The maximum absolute atomic E-state index is 13.3. The van der Waals surface area contributed by atoms with E-state index in [4.69, 9.17) is 9.47 Å². The third-order valence-corrected chi connectivity index (χ3v) is 6.33. The summed E-state index contributed by atoms with van der Waals surface area (Å²) >= 11 is 0. The minimum Gasteiger partial charge on any atom is -0.507 e. The molecule has 1 amide bonds. The average molecular weight is 497 g/mol. The van der Waals surface area contributed by atoms with Crippen molar-refractivity contribution in [2.75, 3.05) is 39.4 Å². The summed E-state index contributed by atoms with van der Waals surface area (Å²) < 4.78 is 11.1. The average Bonchev–Trinajstić information content (AvgIpc) is 3.13. The van der Waals surface area contributed by atoms with E-state index in [1.807, 2.05) is 6.92 Å². The monoisotopic (exact) mass is 496 g/mol. The van der Waals surface area contributed by atoms with Crippen LogP contribution in [0.5, 0.6) is 17.2 Å². The zero-order valence-electron chi connectivity index (χ0n) is 21.5. The molecule has 1 aliphatic heterocycles. The lowest BCUT2D eigenvalue weighted by atomic mass is 9.95. The SMILES string of the molecule is CCOc1cccc(/C(O)=C2\C(=O)C(=O)N(CCCN(CC)CC)C2c2ccc(O)c(OCC)c2)c1. The number of likely N-dealkylation sites (tertiary alicyclic amines) is 1. The van der Waals surface area contributed by atoms with Gasteiger partial charge in [0, 0.05) is 12.1 Å². The molecular weight excluding hydrogens is 460 g/mol. The van der Waals surface area contributed by atoms with Gasteiger partial charge in [0.15, 0.2) is 11.5 Å². The third-order valence-electron chi connectivity index (χ3n) is 6.33. The highest BCUT2D eigenvalue weighted by Crippen LogP contribution is 2.42. The lowest BCUT2D eigenvalue weighted by Gasteiger charge is -2.27. The number of carbonyl (C=O) groups excluding carboxylic acids is 2. The Labute approximate surface area is 212 Å². The number of aliphatic hydroxyl groups excluding tert-OH is 1. The molecule has 36 heavy (non-hydrogen) atoms. The number of phenols is 1. The van der Waals surface area contributed by atoms with Crippen LogP contribution in [-0.4, -0.2) is 71.1 Å². The van der Waals surface area contributed by atoms with Crippen LogP contribution in [0.2, 0.25) is 0 Å². The normalized spacial score (nSPS) is 17.1. The number of amides is 1. The van der Waals surface area contributed by atoms with Crippen LogP contribution in [0.1, 0.15) is 51.3 Å². The number of hydrogen-bond donors (Lipinski definition) is 2. The number of phenolic OH excluding ortho intramolecular Hbond substituents is 1. The molecule has 1 unspecified atom stereocenters. The van der Waals surface area contributed by atoms with E-state index in [9.17, 15) is 19.8 Å². The fourth-order valence-electron chi connectivity index (χ4n) is 4.49. The molecule has 2 N–H and O–H groups in total. The van der Waals surface area contributed by atoms with Crippen LogP contribution in [0.3, 0.4) is 0 Å². The number of nitrogens with zero attached hydrogens (tertiary/aromatic N) is 2. The van der Waals surface area contributed by atoms with Gasteiger partial charge in [0.1, 0.15) is 11.5 Å². The predicted octanol–water partition coefficient (Wildman–Crippen LogP) is 4.34. The lowest BCUT2D eigenvalue weighted by Crippen LogP contribution is -2.33. The molecule has 2 aromatic rings. The van der Waals surface area contributed by atoms with Crippen molar-refractivity contribution in [2.45, 2.75) is 40.2 Å². The van der Waals surface area contributed by atoms with E-state index in [1.165, 1.54) is 11.0 Å². The maximum atomic E-state index is 13.3. The van der Waals surface area contributed by atoms with E-state index >= 15 is 0 Å². The second-order valence-electron chi connectivity index (χ2n) is 8.49. The minimum absolute atomic E-state index is 0.00428. The van der Waals surface area contributed by atoms with Crippen LogP contribution in [0.25, 0.3) is 5.76 Å². The Kier molecular flexibility index (Phi) is 9.36. The Balaban J connectivity index is 2.09. The van der Waals surface area contributed by atoms with Gasteiger partial charge in [-0.2, -0.15) is 0 Å². The molecule has 0 spiro atoms. The van der Waals surface area contributed by atoms with Crippen LogP contribution in [-0.2, 0) is 9.59 Å². The molecule has 0 radical (unpaired) electrons. The topological polar surface area (TPSA) is 99.5 Å². The van der Waals surface area contributed by atoms with Gasteiger partial charge in [-0.05, 0) is 69.7 Å². The molecule has 8 heteroatoms. The first-order valence-electron chi connectivity index (χ1n) is 12.6. The number of aromatic hydroxyl groups is 1. The van der Waals surface area contributed by atoms with Crippen LogP contribution in [0.15, 0.2) is 48.0 Å². The largest absolute Gasteiger partial charge is 0.507 e. The van der Waals surface area contributed by atoms with Crippen molar-refractivity contribution in [2.24, 2.45) is 0 Å². The first kappa shape index (κ1) is 27.1. The first-order chi connectivity index (χ1) is 17.4. The molecule has 0 saturated carbocycles. The van der Waals surface area contributed by atoms with Crippen LogP contribution < -0.4 is 9.47 Å². The van der Waals surface area contributed by atoms with Crippen LogP contribution >= 0.6 is 0 Å². The highest BCUT2D eigenvalue weighted by atomic mass is 16.5. The van der Waals surface area contributed by atoms with Crippen molar-refractivity contribution < 1.29 is 29.3 Å². The Hall–Kier alpha value is -3.52. The van der Waals surface area contributed by atoms with Gasteiger partial charge < -0.3 is 29.5 Å². The molecule has 0 aliphatic carbocycles. The van der Waals surface area contributed by atoms with Gasteiger partial charge in [-0.25, -0.2) is 0 Å². The zero-order chi connectivity index (χ0) is 26.2. The fourth-order valence-corrected chi connectivity index (χ4v) is 4.49. The molecule has 1 saturated heterocycles. The van der Waals surface area contributed by atoms with E-state index in [1.54, 1.807) is 43.3 Å². The summed E-state index contributed by atoms with van der Waals surface area (Å²) in [5, 5.41) is 21.5. The number of ether oxygens (including phenoxy) is 2. The summed E-state index contributed by atoms with van der Waals surface area (Å²) in [5.41, 5.74) is 0.960. The van der Waals surface area contributed by atoms with E-state index in [0.29, 0.717) is 43.1 Å². The number of hydrogen-bond acceptors (Lipinski definition) is 7. The van der Waals surface area contributed by atoms with Crippen LogP contribution in [0, 0.1) is 0 Å². The molecule has 1 atom stereocenters. The Bertz CT molecular complexity index is 1110. The van der Waals surface area contributed by atoms with Crippen LogP contribution in [0.4, 0.5) is 0 Å². The van der Waals surface area contributed by atoms with Gasteiger partial charge in [-0.1, -0.05) is 32.0 Å². The number of rotatable bonds is 12. The highest BCUT2D eigenvalue weighted by molar-refractivity contribution is 6.46. The number of carbonyl (C=O) groups is 2. The number of aliphatic hydroxyl groups is 1. The highest BCUT2D eigenvalue weighted by Gasteiger charge is 2.46. The zero-order valence-corrected chi connectivity index (χ0v) is 21.5. The van der Waals surface area contributed by atoms with E-state index in [0.717, 1.165) is 19.6 Å². The molecule has 8 nitrogen and oxygen atoms in total. The van der Waals surface area contributed by atoms with E-state index in [-0.39, 0.29) is 22.8 Å². The predicted molar refractivity (Wildman–Crippen MR) is 138 cm³/mol. The van der Waals surface area contributed by atoms with Crippen molar-refractivity contribution in [3.8, 4) is 17.2 Å².